The number of benzene rings is 1. The van der Waals surface area contributed by atoms with Crippen LogP contribution >= 0.6 is 0 Å². The first kappa shape index (κ1) is 12.0. The number of nitrogens with one attached hydrogen (secondary N) is 1. The molecule has 1 rings (SSSR count). The molecule has 0 aliphatic carbocycles. The molecule has 0 unspecified atom stereocenters. The third-order valence-electron chi connectivity index (χ3n) is 1.96. The lowest BCUT2D eigenvalue weighted by Gasteiger charge is -2.09. The van der Waals surface area contributed by atoms with Crippen molar-refractivity contribution in [3.63, 3.8) is 0 Å². The van der Waals surface area contributed by atoms with Gasteiger partial charge in [0.05, 0.1) is 13.7 Å². The number of aliphatic hydroxyl groups is 1. The third kappa shape index (κ3) is 4.29. The fourth-order valence-corrected chi connectivity index (χ4v) is 1.19. The minimum atomic E-state index is 0.149. The second-order valence-corrected chi connectivity index (χ2v) is 3.06. The summed E-state index contributed by atoms with van der Waals surface area (Å²) < 4.78 is 5.19. The first-order chi connectivity index (χ1) is 7.38. The number of aliphatic hydroxyl groups excluding tert-OH is 1. The van der Waals surface area contributed by atoms with Crippen LogP contribution in [0.3, 0.4) is 0 Å². The van der Waals surface area contributed by atoms with E-state index < -0.39 is 0 Å². The molecule has 1 aromatic rings. The van der Waals surface area contributed by atoms with E-state index in [4.69, 9.17) is 14.7 Å². The van der Waals surface area contributed by atoms with E-state index in [2.05, 4.69) is 5.48 Å². The largest absolute Gasteiger partial charge is 0.496 e. The average Bonchev–Trinajstić information content (AvgIpc) is 2.29. The third-order valence-corrected chi connectivity index (χ3v) is 1.96. The molecule has 4 heteroatoms. The fraction of sp³-hybridized carbons (Fsp3) is 0.455. The van der Waals surface area contributed by atoms with Gasteiger partial charge in [-0.25, -0.2) is 0 Å². The Bertz CT molecular complexity index is 278. The zero-order valence-electron chi connectivity index (χ0n) is 8.90. The van der Waals surface area contributed by atoms with Crippen LogP contribution in [0.2, 0.25) is 0 Å². The molecule has 0 aliphatic heterocycles. The van der Waals surface area contributed by atoms with E-state index in [0.717, 1.165) is 11.3 Å². The number of para-hydroxylation sites is 1. The Morgan fingerprint density at radius 2 is 2.13 bits per heavy atom. The van der Waals surface area contributed by atoms with Gasteiger partial charge in [-0.2, -0.15) is 5.48 Å². The molecule has 0 bridgehead atoms. The van der Waals surface area contributed by atoms with E-state index in [1.54, 1.807) is 7.11 Å². The van der Waals surface area contributed by atoms with Crippen LogP contribution in [0, 0.1) is 0 Å². The van der Waals surface area contributed by atoms with E-state index in [-0.39, 0.29) is 6.61 Å². The average molecular weight is 211 g/mol. The standard InChI is InChI=1S/C11H17NO3/c1-14-11-6-3-2-5-10(11)9-12-15-8-4-7-13/h2-3,5-6,12-13H,4,7-9H2,1H3. The summed E-state index contributed by atoms with van der Waals surface area (Å²) >= 11 is 0. The summed E-state index contributed by atoms with van der Waals surface area (Å²) in [5, 5.41) is 8.54. The molecule has 84 valence electrons. The molecule has 0 fully saturated rings. The molecule has 0 radical (unpaired) electrons. The van der Waals surface area contributed by atoms with E-state index in [1.165, 1.54) is 0 Å². The molecule has 2 N–H and O–H groups in total. The van der Waals surface area contributed by atoms with Crippen LogP contribution in [0.25, 0.3) is 0 Å². The normalized spacial score (nSPS) is 10.3. The Hall–Kier alpha value is -1.10. The van der Waals surface area contributed by atoms with E-state index in [0.29, 0.717) is 19.6 Å². The highest BCUT2D eigenvalue weighted by Crippen LogP contribution is 2.16. The van der Waals surface area contributed by atoms with Crippen molar-refractivity contribution in [3.05, 3.63) is 29.8 Å². The number of hydrogen-bond acceptors (Lipinski definition) is 4. The number of methoxy groups -OCH3 is 1. The van der Waals surface area contributed by atoms with Gasteiger partial charge in [0.15, 0.2) is 0 Å². The second kappa shape index (κ2) is 7.23. The lowest BCUT2D eigenvalue weighted by molar-refractivity contribution is 0.0278. The van der Waals surface area contributed by atoms with Crippen LogP contribution in [0.4, 0.5) is 0 Å². The van der Waals surface area contributed by atoms with E-state index in [9.17, 15) is 0 Å². The first-order valence-electron chi connectivity index (χ1n) is 4.96. The summed E-state index contributed by atoms with van der Waals surface area (Å²) in [6.07, 6.45) is 0.638. The molecule has 0 amide bonds. The quantitative estimate of drug-likeness (QED) is 0.524. The van der Waals surface area contributed by atoms with Gasteiger partial charge in [0.2, 0.25) is 0 Å². The van der Waals surface area contributed by atoms with Gasteiger partial charge in [0, 0.05) is 18.7 Å². The van der Waals surface area contributed by atoms with Crippen molar-refractivity contribution in [1.29, 1.82) is 0 Å². The van der Waals surface area contributed by atoms with Gasteiger partial charge in [-0.1, -0.05) is 18.2 Å². The Balaban J connectivity index is 2.30. The molecule has 4 nitrogen and oxygen atoms in total. The van der Waals surface area contributed by atoms with Crippen molar-refractivity contribution >= 4 is 0 Å². The van der Waals surface area contributed by atoms with E-state index in [1.807, 2.05) is 24.3 Å². The van der Waals surface area contributed by atoms with Gasteiger partial charge >= 0.3 is 0 Å². The summed E-state index contributed by atoms with van der Waals surface area (Å²) in [6.45, 7) is 1.25. The van der Waals surface area contributed by atoms with Crippen LogP contribution in [0.15, 0.2) is 24.3 Å². The lowest BCUT2D eigenvalue weighted by atomic mass is 10.2. The molecular formula is C11H17NO3. The van der Waals surface area contributed by atoms with Crippen molar-refractivity contribution in [1.82, 2.24) is 5.48 Å². The summed E-state index contributed by atoms with van der Waals surface area (Å²) in [6, 6.07) is 7.76. The van der Waals surface area contributed by atoms with Crippen molar-refractivity contribution in [2.75, 3.05) is 20.3 Å². The SMILES string of the molecule is COc1ccccc1CNOCCCO. The summed E-state index contributed by atoms with van der Waals surface area (Å²) in [5.74, 6) is 0.843. The second-order valence-electron chi connectivity index (χ2n) is 3.06. The lowest BCUT2D eigenvalue weighted by Crippen LogP contribution is -2.15. The van der Waals surface area contributed by atoms with Crippen LogP contribution < -0.4 is 10.2 Å². The molecule has 0 aliphatic rings. The maximum absolute atomic E-state index is 8.54. The molecule has 15 heavy (non-hydrogen) atoms. The molecule has 0 spiro atoms. The van der Waals surface area contributed by atoms with Crippen LogP contribution in [0.1, 0.15) is 12.0 Å². The Morgan fingerprint density at radius 1 is 1.33 bits per heavy atom. The van der Waals surface area contributed by atoms with Gasteiger partial charge in [0.1, 0.15) is 5.75 Å². The zero-order valence-corrected chi connectivity index (χ0v) is 8.90. The van der Waals surface area contributed by atoms with Crippen LogP contribution in [-0.2, 0) is 11.4 Å². The van der Waals surface area contributed by atoms with E-state index >= 15 is 0 Å². The summed E-state index contributed by atoms with van der Waals surface area (Å²) in [7, 11) is 1.64. The number of ether oxygens (including phenoxy) is 1. The topological polar surface area (TPSA) is 50.7 Å². The Labute approximate surface area is 89.8 Å². The number of hydrogen-bond donors (Lipinski definition) is 2. The number of hydroxylamine groups is 1. The van der Waals surface area contributed by atoms with Gasteiger partial charge in [0.25, 0.3) is 0 Å². The van der Waals surface area contributed by atoms with Gasteiger partial charge in [-0.15, -0.1) is 0 Å². The van der Waals surface area contributed by atoms with Gasteiger partial charge < -0.3 is 14.7 Å². The van der Waals surface area contributed by atoms with Crippen molar-refractivity contribution in [2.24, 2.45) is 0 Å². The highest BCUT2D eigenvalue weighted by molar-refractivity contribution is 5.32. The predicted molar refractivity (Wildman–Crippen MR) is 57.5 cm³/mol. The summed E-state index contributed by atoms with van der Waals surface area (Å²) in [4.78, 5) is 5.11. The Kier molecular flexibility index (Phi) is 5.77. The molecule has 0 heterocycles. The van der Waals surface area contributed by atoms with Crippen molar-refractivity contribution in [2.45, 2.75) is 13.0 Å². The number of rotatable bonds is 7. The van der Waals surface area contributed by atoms with Crippen LogP contribution in [0.5, 0.6) is 5.75 Å². The molecule has 0 saturated carbocycles. The van der Waals surface area contributed by atoms with Crippen molar-refractivity contribution in [3.8, 4) is 5.75 Å². The van der Waals surface area contributed by atoms with Crippen molar-refractivity contribution < 1.29 is 14.7 Å². The fourth-order valence-electron chi connectivity index (χ4n) is 1.19. The zero-order chi connectivity index (χ0) is 10.9. The van der Waals surface area contributed by atoms with Crippen LogP contribution in [-0.4, -0.2) is 25.4 Å². The molecule has 0 saturated heterocycles. The van der Waals surface area contributed by atoms with Gasteiger partial charge in [-0.05, 0) is 12.5 Å². The first-order valence-corrected chi connectivity index (χ1v) is 4.96. The highest BCUT2D eigenvalue weighted by atomic mass is 16.6. The molecule has 1 aromatic carbocycles. The minimum Gasteiger partial charge on any atom is -0.496 e. The maximum Gasteiger partial charge on any atom is 0.123 e. The highest BCUT2D eigenvalue weighted by Gasteiger charge is 2.00. The molecule has 0 aromatic heterocycles. The molecular weight excluding hydrogens is 194 g/mol. The monoisotopic (exact) mass is 211 g/mol. The summed E-state index contributed by atoms with van der Waals surface area (Å²) in [5.41, 5.74) is 3.87. The smallest absolute Gasteiger partial charge is 0.123 e. The van der Waals surface area contributed by atoms with Gasteiger partial charge in [-0.3, -0.25) is 0 Å². The minimum absolute atomic E-state index is 0.149. The Morgan fingerprint density at radius 3 is 2.87 bits per heavy atom. The maximum atomic E-state index is 8.54. The predicted octanol–water partition coefficient (Wildman–Crippen LogP) is 1.10. The molecule has 0 atom stereocenters.